The molecular formula is C38H58O4. The molecule has 0 spiro atoms. The van der Waals surface area contributed by atoms with E-state index in [1.165, 1.54) is 107 Å². The van der Waals surface area contributed by atoms with Crippen LogP contribution in [0.4, 0.5) is 0 Å². The zero-order valence-electron chi connectivity index (χ0n) is 26.8. The second-order valence-electron chi connectivity index (χ2n) is 13.9. The van der Waals surface area contributed by atoms with Crippen molar-refractivity contribution in [3.8, 4) is 11.5 Å². The number of phenols is 1. The van der Waals surface area contributed by atoms with Gasteiger partial charge in [0.1, 0.15) is 5.78 Å². The predicted octanol–water partition coefficient (Wildman–Crippen LogP) is 10.5. The molecule has 3 aliphatic carbocycles. The van der Waals surface area contributed by atoms with Gasteiger partial charge in [-0.2, -0.15) is 0 Å². The second kappa shape index (κ2) is 16.7. The number of hydrogen-bond donors (Lipinski definition) is 1. The van der Waals surface area contributed by atoms with E-state index in [0.717, 1.165) is 51.4 Å². The number of unbranched alkanes of at least 4 members (excludes halogenated alkanes) is 15. The van der Waals surface area contributed by atoms with Crippen molar-refractivity contribution in [3.63, 3.8) is 0 Å². The van der Waals surface area contributed by atoms with Crippen molar-refractivity contribution in [1.82, 2.24) is 0 Å². The summed E-state index contributed by atoms with van der Waals surface area (Å²) in [5.41, 5.74) is 2.24. The van der Waals surface area contributed by atoms with Crippen molar-refractivity contribution < 1.29 is 19.4 Å². The molecule has 0 amide bonds. The van der Waals surface area contributed by atoms with Gasteiger partial charge in [-0.3, -0.25) is 4.79 Å². The van der Waals surface area contributed by atoms with Crippen molar-refractivity contribution >= 4 is 11.8 Å². The third kappa shape index (κ3) is 8.73. The molecule has 2 fully saturated rings. The Hall–Kier alpha value is -2.10. The normalized spacial score (nSPS) is 24.9. The van der Waals surface area contributed by atoms with E-state index in [2.05, 4.69) is 13.8 Å². The minimum Gasteiger partial charge on any atom is -0.504 e. The van der Waals surface area contributed by atoms with Crippen molar-refractivity contribution in [2.75, 3.05) is 0 Å². The third-order valence-electron chi connectivity index (χ3n) is 11.0. The molecule has 0 aliphatic heterocycles. The summed E-state index contributed by atoms with van der Waals surface area (Å²) in [6.45, 7) is 4.47. The number of carbonyl (C=O) groups excluding carboxylic acids is 2. The average Bonchev–Trinajstić information content (AvgIpc) is 3.29. The molecule has 42 heavy (non-hydrogen) atoms. The van der Waals surface area contributed by atoms with E-state index in [1.807, 2.05) is 12.1 Å². The van der Waals surface area contributed by atoms with Crippen molar-refractivity contribution in [1.29, 1.82) is 0 Å². The summed E-state index contributed by atoms with van der Waals surface area (Å²) in [6, 6.07) is 3.72. The third-order valence-corrected chi connectivity index (χ3v) is 11.0. The molecule has 1 N–H and O–H groups in total. The van der Waals surface area contributed by atoms with Gasteiger partial charge in [-0.25, -0.2) is 4.79 Å². The van der Waals surface area contributed by atoms with E-state index in [1.54, 1.807) is 6.07 Å². The molecule has 0 unspecified atom stereocenters. The lowest BCUT2D eigenvalue weighted by molar-refractivity contribution is -0.130. The Morgan fingerprint density at radius 1 is 0.881 bits per heavy atom. The fraction of sp³-hybridized carbons (Fsp3) is 0.737. The summed E-state index contributed by atoms with van der Waals surface area (Å²) in [4.78, 5) is 25.2. The SMILES string of the molecule is CCCCCCCCCCCCCCCCCC=CC(=O)Oc1cc2c(cc1O)CC[C@@H]1[C@@H]2CC[C@]2(C)C(=O)CC[C@@H]12. The van der Waals surface area contributed by atoms with Crippen molar-refractivity contribution in [2.45, 2.75) is 161 Å². The van der Waals surface area contributed by atoms with Gasteiger partial charge in [-0.05, 0) is 86.0 Å². The first-order valence-electron chi connectivity index (χ1n) is 17.7. The maximum Gasteiger partial charge on any atom is 0.335 e. The van der Waals surface area contributed by atoms with Crippen LogP contribution in [0.15, 0.2) is 24.3 Å². The molecule has 3 aliphatic rings. The van der Waals surface area contributed by atoms with Crippen LogP contribution in [-0.2, 0) is 16.0 Å². The number of benzene rings is 1. The number of aryl methyl sites for hydroxylation is 1. The molecule has 4 nitrogen and oxygen atoms in total. The van der Waals surface area contributed by atoms with Crippen LogP contribution in [0.25, 0.3) is 0 Å². The molecule has 1 aromatic rings. The van der Waals surface area contributed by atoms with Crippen LogP contribution in [0.1, 0.15) is 166 Å². The summed E-state index contributed by atoms with van der Waals surface area (Å²) in [5, 5.41) is 10.6. The van der Waals surface area contributed by atoms with E-state index >= 15 is 0 Å². The molecule has 0 saturated heterocycles. The lowest BCUT2D eigenvalue weighted by atomic mass is 9.55. The minimum atomic E-state index is -0.420. The molecule has 4 atom stereocenters. The first kappa shape index (κ1) is 32.8. The van der Waals surface area contributed by atoms with Gasteiger partial charge in [-0.1, -0.05) is 110 Å². The van der Waals surface area contributed by atoms with E-state index < -0.39 is 5.97 Å². The zero-order valence-corrected chi connectivity index (χ0v) is 26.8. The van der Waals surface area contributed by atoms with Crippen molar-refractivity contribution in [3.05, 3.63) is 35.4 Å². The highest BCUT2D eigenvalue weighted by molar-refractivity contribution is 5.87. The molecule has 4 heteroatoms. The van der Waals surface area contributed by atoms with Crippen molar-refractivity contribution in [2.24, 2.45) is 17.3 Å². The van der Waals surface area contributed by atoms with E-state index in [9.17, 15) is 14.7 Å². The molecule has 4 rings (SSSR count). The smallest absolute Gasteiger partial charge is 0.335 e. The number of rotatable bonds is 18. The molecule has 0 heterocycles. The van der Waals surface area contributed by atoms with Gasteiger partial charge < -0.3 is 9.84 Å². The van der Waals surface area contributed by atoms with Gasteiger partial charge in [0.2, 0.25) is 0 Å². The summed E-state index contributed by atoms with van der Waals surface area (Å²) in [7, 11) is 0. The highest BCUT2D eigenvalue weighted by Crippen LogP contribution is 2.60. The molecule has 0 bridgehead atoms. The zero-order chi connectivity index (χ0) is 29.8. The molecular weight excluding hydrogens is 520 g/mol. The topological polar surface area (TPSA) is 63.6 Å². The average molecular weight is 579 g/mol. The number of phenolic OH excluding ortho intramolecular Hbond substituents is 1. The Kier molecular flexibility index (Phi) is 13.0. The maximum atomic E-state index is 12.6. The summed E-state index contributed by atoms with van der Waals surface area (Å²) < 4.78 is 5.61. The summed E-state index contributed by atoms with van der Waals surface area (Å²) >= 11 is 0. The summed E-state index contributed by atoms with van der Waals surface area (Å²) in [6.07, 6.45) is 30.2. The van der Waals surface area contributed by atoms with Crippen LogP contribution in [0.2, 0.25) is 0 Å². The molecule has 0 radical (unpaired) electrons. The monoisotopic (exact) mass is 578 g/mol. The Labute approximate surface area is 256 Å². The van der Waals surface area contributed by atoms with Gasteiger partial charge in [0, 0.05) is 17.9 Å². The van der Waals surface area contributed by atoms with E-state index in [-0.39, 0.29) is 16.9 Å². The fourth-order valence-corrected chi connectivity index (χ4v) is 8.40. The second-order valence-corrected chi connectivity index (χ2v) is 13.9. The number of carbonyl (C=O) groups is 2. The maximum absolute atomic E-state index is 12.6. The van der Waals surface area contributed by atoms with Gasteiger partial charge in [0.15, 0.2) is 11.5 Å². The molecule has 1 aromatic carbocycles. The Bertz CT molecular complexity index is 1040. The number of Topliss-reactive ketones (excluding diaryl/α,β-unsaturated/α-hetero) is 1. The van der Waals surface area contributed by atoms with Gasteiger partial charge >= 0.3 is 5.97 Å². The van der Waals surface area contributed by atoms with Crippen LogP contribution in [0.3, 0.4) is 0 Å². The first-order valence-corrected chi connectivity index (χ1v) is 17.7. The lowest BCUT2D eigenvalue weighted by Crippen LogP contribution is -2.42. The van der Waals surface area contributed by atoms with Crippen LogP contribution in [-0.4, -0.2) is 16.9 Å². The van der Waals surface area contributed by atoms with Crippen LogP contribution < -0.4 is 4.74 Å². The van der Waals surface area contributed by atoms with Crippen LogP contribution in [0, 0.1) is 17.3 Å². The molecule has 234 valence electrons. The highest BCUT2D eigenvalue weighted by Gasteiger charge is 2.54. The predicted molar refractivity (Wildman–Crippen MR) is 172 cm³/mol. The van der Waals surface area contributed by atoms with Gasteiger partial charge in [0.25, 0.3) is 0 Å². The number of hydrogen-bond acceptors (Lipinski definition) is 4. The number of esters is 1. The van der Waals surface area contributed by atoms with Gasteiger partial charge in [-0.15, -0.1) is 0 Å². The minimum absolute atomic E-state index is 0.0491. The Balaban J connectivity index is 1.10. The fourth-order valence-electron chi connectivity index (χ4n) is 8.40. The van der Waals surface area contributed by atoms with E-state index in [0.29, 0.717) is 23.5 Å². The Morgan fingerprint density at radius 2 is 1.50 bits per heavy atom. The first-order chi connectivity index (χ1) is 20.4. The summed E-state index contributed by atoms with van der Waals surface area (Å²) in [5.74, 6) is 1.70. The molecule has 2 saturated carbocycles. The standard InChI is InChI=1S/C38H58O4/c1-3-4-5-6-7-8-9-10-11-12-13-14-15-16-17-18-19-20-37(41)42-35-28-32-29(27-34(35)39)21-22-31-30(32)25-26-38(2)33(31)23-24-36(38)40/h19-20,27-28,30-31,33,39H,3-18,21-26H2,1-2H3/t30-,31+,33-,38-/m0/s1. The largest absolute Gasteiger partial charge is 0.504 e. The highest BCUT2D eigenvalue weighted by atomic mass is 16.5. The number of ether oxygens (including phenoxy) is 1. The quantitative estimate of drug-likeness (QED) is 0.0814. The van der Waals surface area contributed by atoms with Crippen LogP contribution in [0.5, 0.6) is 11.5 Å². The molecule has 0 aromatic heterocycles. The van der Waals surface area contributed by atoms with E-state index in [4.69, 9.17) is 4.74 Å². The Morgan fingerprint density at radius 3 is 2.14 bits per heavy atom. The lowest BCUT2D eigenvalue weighted by Gasteiger charge is -2.48. The van der Waals surface area contributed by atoms with Gasteiger partial charge in [0.05, 0.1) is 0 Å². The van der Waals surface area contributed by atoms with Crippen LogP contribution >= 0.6 is 0 Å². The number of aromatic hydroxyl groups is 1. The number of allylic oxidation sites excluding steroid dienone is 1. The number of ketones is 1. The number of fused-ring (bicyclic) bond motifs is 5.